The number of hydrogen-bond acceptors (Lipinski definition) is 1. The van der Waals surface area contributed by atoms with Crippen molar-refractivity contribution in [1.82, 2.24) is 5.32 Å². The third kappa shape index (κ3) is 1.79. The second-order valence-electron chi connectivity index (χ2n) is 5.37. The molecule has 4 rings (SSSR count). The van der Waals surface area contributed by atoms with Crippen LogP contribution in [-0.2, 0) is 12.8 Å². The number of rotatable bonds is 1. The third-order valence-corrected chi connectivity index (χ3v) is 4.19. The zero-order valence-corrected chi connectivity index (χ0v) is 10.9. The van der Waals surface area contributed by atoms with Crippen LogP contribution in [0.4, 0.5) is 11.4 Å². The Labute approximate surface area is 114 Å². The summed E-state index contributed by atoms with van der Waals surface area (Å²) in [6.07, 6.45) is 3.77. The molecule has 2 heterocycles. The molecular weight excluding hydrogens is 232 g/mol. The van der Waals surface area contributed by atoms with Crippen molar-refractivity contribution in [3.05, 3.63) is 59.7 Å². The highest BCUT2D eigenvalue weighted by Crippen LogP contribution is 2.34. The van der Waals surface area contributed by atoms with Gasteiger partial charge in [0.2, 0.25) is 0 Å². The minimum Gasteiger partial charge on any atom is -0.349 e. The topological polar surface area (TPSA) is 17.3 Å². The molecule has 2 heteroatoms. The fraction of sp³-hybridized carbons (Fsp3) is 0.294. The lowest BCUT2D eigenvalue weighted by Gasteiger charge is -2.35. The van der Waals surface area contributed by atoms with Crippen LogP contribution in [0.5, 0.6) is 0 Å². The molecule has 95 valence electrons. The average Bonchev–Trinajstić information content (AvgIpc) is 2.90. The smallest absolute Gasteiger partial charge is 0.125 e. The van der Waals surface area contributed by atoms with Gasteiger partial charge in [0.15, 0.2) is 0 Å². The first-order chi connectivity index (χ1) is 9.42. The van der Waals surface area contributed by atoms with Crippen molar-refractivity contribution >= 4 is 11.4 Å². The highest BCUT2D eigenvalue weighted by molar-refractivity contribution is 5.59. The molecular formula is C17H17N2. The van der Waals surface area contributed by atoms with E-state index in [0.29, 0.717) is 6.17 Å². The van der Waals surface area contributed by atoms with E-state index in [1.54, 1.807) is 0 Å². The summed E-state index contributed by atoms with van der Waals surface area (Å²) in [7, 11) is 0. The van der Waals surface area contributed by atoms with Crippen molar-refractivity contribution in [3.8, 4) is 0 Å². The molecule has 0 saturated carbocycles. The van der Waals surface area contributed by atoms with Gasteiger partial charge in [-0.25, -0.2) is 0 Å². The summed E-state index contributed by atoms with van der Waals surface area (Å²) in [5.74, 6) is 0. The van der Waals surface area contributed by atoms with Crippen LogP contribution in [0.25, 0.3) is 0 Å². The second-order valence-corrected chi connectivity index (χ2v) is 5.37. The number of hydrogen-bond donors (Lipinski definition) is 0. The van der Waals surface area contributed by atoms with E-state index < -0.39 is 0 Å². The lowest BCUT2D eigenvalue weighted by Crippen LogP contribution is -2.42. The van der Waals surface area contributed by atoms with Crippen LogP contribution in [0.3, 0.4) is 0 Å². The molecule has 2 aliphatic rings. The molecule has 1 atom stereocenters. The molecule has 0 N–H and O–H groups in total. The Hall–Kier alpha value is -1.96. The molecule has 19 heavy (non-hydrogen) atoms. The van der Waals surface area contributed by atoms with Crippen LogP contribution in [-0.4, -0.2) is 12.7 Å². The van der Waals surface area contributed by atoms with Gasteiger partial charge >= 0.3 is 0 Å². The van der Waals surface area contributed by atoms with Crippen molar-refractivity contribution in [2.24, 2.45) is 0 Å². The first kappa shape index (κ1) is 10.9. The fourth-order valence-corrected chi connectivity index (χ4v) is 3.26. The quantitative estimate of drug-likeness (QED) is 0.758. The maximum atomic E-state index is 4.90. The molecule has 2 aromatic carbocycles. The molecule has 2 aliphatic heterocycles. The Morgan fingerprint density at radius 3 is 2.63 bits per heavy atom. The van der Waals surface area contributed by atoms with E-state index in [9.17, 15) is 0 Å². The van der Waals surface area contributed by atoms with Gasteiger partial charge in [-0.1, -0.05) is 36.4 Å². The summed E-state index contributed by atoms with van der Waals surface area (Å²) in [4.78, 5) is 2.48. The molecule has 0 saturated heterocycles. The average molecular weight is 249 g/mol. The fourth-order valence-electron chi connectivity index (χ4n) is 3.26. The van der Waals surface area contributed by atoms with Gasteiger partial charge in [-0.15, -0.1) is 0 Å². The summed E-state index contributed by atoms with van der Waals surface area (Å²) in [5, 5.41) is 4.90. The molecule has 0 spiro atoms. The van der Waals surface area contributed by atoms with E-state index in [1.165, 1.54) is 35.3 Å². The van der Waals surface area contributed by atoms with E-state index >= 15 is 0 Å². The Morgan fingerprint density at radius 2 is 1.74 bits per heavy atom. The summed E-state index contributed by atoms with van der Waals surface area (Å²) in [6, 6.07) is 17.3. The van der Waals surface area contributed by atoms with Gasteiger partial charge in [-0.05, 0) is 36.1 Å². The minimum absolute atomic E-state index is 0.291. The van der Waals surface area contributed by atoms with Crippen LogP contribution in [0.2, 0.25) is 0 Å². The van der Waals surface area contributed by atoms with Crippen molar-refractivity contribution < 1.29 is 0 Å². The van der Waals surface area contributed by atoms with Crippen LogP contribution in [0.1, 0.15) is 17.5 Å². The third-order valence-electron chi connectivity index (χ3n) is 4.19. The van der Waals surface area contributed by atoms with Crippen molar-refractivity contribution in [2.75, 3.05) is 11.4 Å². The van der Waals surface area contributed by atoms with Gasteiger partial charge in [0.25, 0.3) is 0 Å². The normalized spacial score (nSPS) is 20.6. The van der Waals surface area contributed by atoms with Gasteiger partial charge in [0, 0.05) is 18.7 Å². The number of aryl methyl sites for hydroxylation is 1. The summed E-state index contributed by atoms with van der Waals surface area (Å²) >= 11 is 0. The standard InChI is InChI=1S/C17H17N2/c1-3-9-15-14(7-1)12-17(18-15)19-11-5-8-13-6-2-4-10-16(13)19/h1-4,6-7,9-10,17H,5,8,11-12H2. The highest BCUT2D eigenvalue weighted by Gasteiger charge is 2.30. The molecule has 2 nitrogen and oxygen atoms in total. The zero-order valence-electron chi connectivity index (χ0n) is 10.9. The van der Waals surface area contributed by atoms with Gasteiger partial charge in [0.05, 0.1) is 5.69 Å². The number of anilines is 1. The first-order valence-corrected chi connectivity index (χ1v) is 7.05. The van der Waals surface area contributed by atoms with Crippen molar-refractivity contribution in [1.29, 1.82) is 0 Å². The van der Waals surface area contributed by atoms with Crippen molar-refractivity contribution in [3.63, 3.8) is 0 Å². The lowest BCUT2D eigenvalue weighted by molar-refractivity contribution is 0.542. The van der Waals surface area contributed by atoms with Gasteiger partial charge in [-0.2, -0.15) is 0 Å². The predicted molar refractivity (Wildman–Crippen MR) is 77.8 cm³/mol. The second kappa shape index (κ2) is 4.30. The van der Waals surface area contributed by atoms with Crippen LogP contribution >= 0.6 is 0 Å². The van der Waals surface area contributed by atoms with Crippen LogP contribution < -0.4 is 10.2 Å². The number of nitrogens with zero attached hydrogens (tertiary/aromatic N) is 2. The number of benzene rings is 2. The first-order valence-electron chi connectivity index (χ1n) is 7.05. The maximum Gasteiger partial charge on any atom is 0.125 e. The highest BCUT2D eigenvalue weighted by atomic mass is 15.3. The molecule has 0 fully saturated rings. The molecule has 1 unspecified atom stereocenters. The van der Waals surface area contributed by atoms with Crippen LogP contribution in [0.15, 0.2) is 48.5 Å². The van der Waals surface area contributed by atoms with E-state index in [0.717, 1.165) is 13.0 Å². The molecule has 0 bridgehead atoms. The van der Waals surface area contributed by atoms with Gasteiger partial charge in [0.1, 0.15) is 6.17 Å². The van der Waals surface area contributed by atoms with Crippen molar-refractivity contribution in [2.45, 2.75) is 25.4 Å². The van der Waals surface area contributed by atoms with Gasteiger partial charge < -0.3 is 4.90 Å². The van der Waals surface area contributed by atoms with Crippen LogP contribution in [0, 0.1) is 0 Å². The monoisotopic (exact) mass is 249 g/mol. The SMILES string of the molecule is c1ccc2c(c1)CC(N1CCCc3ccccc31)[N]2. The summed E-state index contributed by atoms with van der Waals surface area (Å²) < 4.78 is 0. The number of para-hydroxylation sites is 2. The molecule has 1 radical (unpaired) electrons. The largest absolute Gasteiger partial charge is 0.349 e. The molecule has 0 aromatic heterocycles. The van der Waals surface area contributed by atoms with E-state index in [2.05, 4.69) is 53.4 Å². The predicted octanol–water partition coefficient (Wildman–Crippen LogP) is 3.26. The Balaban J connectivity index is 1.66. The summed E-state index contributed by atoms with van der Waals surface area (Å²) in [6.45, 7) is 1.12. The molecule has 2 aromatic rings. The van der Waals surface area contributed by atoms with E-state index in [-0.39, 0.29) is 0 Å². The maximum absolute atomic E-state index is 4.90. The minimum atomic E-state index is 0.291. The molecule has 0 amide bonds. The van der Waals surface area contributed by atoms with E-state index in [1.807, 2.05) is 0 Å². The van der Waals surface area contributed by atoms with Gasteiger partial charge in [-0.3, -0.25) is 5.32 Å². The Kier molecular flexibility index (Phi) is 2.47. The molecule has 0 aliphatic carbocycles. The number of fused-ring (bicyclic) bond motifs is 2. The summed E-state index contributed by atoms with van der Waals surface area (Å²) in [5.41, 5.74) is 5.42. The van der Waals surface area contributed by atoms with E-state index in [4.69, 9.17) is 5.32 Å². The zero-order chi connectivity index (χ0) is 12.7. The lowest BCUT2D eigenvalue weighted by atomic mass is 10.0. The Morgan fingerprint density at radius 1 is 0.947 bits per heavy atom. The Bertz CT molecular complexity index is 581.